The maximum absolute atomic E-state index is 12.6. The van der Waals surface area contributed by atoms with Crippen LogP contribution in [0.15, 0.2) is 35.7 Å². The molecule has 0 spiro atoms. The SMILES string of the molecule is COc1cc([N+](=O)[O-])ccc1NC(=O)N1CCC[C@@H]1c1cccs1. The molecule has 2 aromatic rings. The van der Waals surface area contributed by atoms with Crippen molar-refractivity contribution >= 4 is 28.7 Å². The van der Waals surface area contributed by atoms with Gasteiger partial charge in [-0.05, 0) is 30.4 Å². The predicted octanol–water partition coefficient (Wildman–Crippen LogP) is 4.03. The molecule has 1 N–H and O–H groups in total. The quantitative estimate of drug-likeness (QED) is 0.668. The summed E-state index contributed by atoms with van der Waals surface area (Å²) in [7, 11) is 1.42. The zero-order valence-corrected chi connectivity index (χ0v) is 13.9. The average molecular weight is 347 g/mol. The van der Waals surface area contributed by atoms with Gasteiger partial charge in [-0.1, -0.05) is 6.07 Å². The molecule has 2 heterocycles. The molecule has 2 amide bonds. The number of carbonyl (C=O) groups excluding carboxylic acids is 1. The Morgan fingerprint density at radius 2 is 2.29 bits per heavy atom. The van der Waals surface area contributed by atoms with Gasteiger partial charge in [0, 0.05) is 17.5 Å². The van der Waals surface area contributed by atoms with Crippen molar-refractivity contribution in [3.05, 3.63) is 50.7 Å². The van der Waals surface area contributed by atoms with Gasteiger partial charge in [0.1, 0.15) is 5.75 Å². The molecular formula is C16H17N3O4S. The van der Waals surface area contributed by atoms with Crippen LogP contribution in [0.25, 0.3) is 0 Å². The third-order valence-electron chi connectivity index (χ3n) is 4.02. The van der Waals surface area contributed by atoms with Crippen molar-refractivity contribution < 1.29 is 14.5 Å². The van der Waals surface area contributed by atoms with Crippen LogP contribution >= 0.6 is 11.3 Å². The van der Waals surface area contributed by atoms with Gasteiger partial charge in [-0.3, -0.25) is 10.1 Å². The molecule has 0 saturated carbocycles. The van der Waals surface area contributed by atoms with Crippen molar-refractivity contribution in [1.82, 2.24) is 4.90 Å². The Morgan fingerprint density at radius 1 is 1.46 bits per heavy atom. The third kappa shape index (κ3) is 3.18. The summed E-state index contributed by atoms with van der Waals surface area (Å²) < 4.78 is 5.16. The van der Waals surface area contributed by atoms with Gasteiger partial charge in [-0.15, -0.1) is 11.3 Å². The number of nitro groups is 1. The van der Waals surface area contributed by atoms with E-state index < -0.39 is 4.92 Å². The number of nitro benzene ring substituents is 1. The molecule has 1 fully saturated rings. The van der Waals surface area contributed by atoms with Crippen molar-refractivity contribution in [3.63, 3.8) is 0 Å². The first-order valence-electron chi connectivity index (χ1n) is 7.53. The molecule has 1 atom stereocenters. The number of nitrogens with one attached hydrogen (secondary N) is 1. The van der Waals surface area contributed by atoms with Crippen LogP contribution in [0, 0.1) is 10.1 Å². The largest absolute Gasteiger partial charge is 0.494 e. The summed E-state index contributed by atoms with van der Waals surface area (Å²) in [5, 5.41) is 15.7. The first-order chi connectivity index (χ1) is 11.6. The molecule has 0 unspecified atom stereocenters. The first kappa shape index (κ1) is 16.3. The van der Waals surface area contributed by atoms with Gasteiger partial charge in [0.05, 0.1) is 29.8 Å². The lowest BCUT2D eigenvalue weighted by Crippen LogP contribution is -2.34. The topological polar surface area (TPSA) is 84.7 Å². The number of anilines is 1. The number of likely N-dealkylation sites (tertiary alicyclic amines) is 1. The van der Waals surface area contributed by atoms with Crippen LogP contribution in [0.3, 0.4) is 0 Å². The Balaban J connectivity index is 1.78. The number of nitrogens with zero attached hydrogens (tertiary/aromatic N) is 2. The molecule has 1 saturated heterocycles. The highest BCUT2D eigenvalue weighted by atomic mass is 32.1. The summed E-state index contributed by atoms with van der Waals surface area (Å²) in [6.07, 6.45) is 1.89. The Morgan fingerprint density at radius 3 is 2.96 bits per heavy atom. The molecule has 3 rings (SSSR count). The molecule has 1 aromatic heterocycles. The zero-order chi connectivity index (χ0) is 17.1. The maximum Gasteiger partial charge on any atom is 0.322 e. The lowest BCUT2D eigenvalue weighted by molar-refractivity contribution is -0.384. The van der Waals surface area contributed by atoms with E-state index in [-0.39, 0.29) is 23.5 Å². The number of urea groups is 1. The van der Waals surface area contributed by atoms with Crippen LogP contribution in [0.1, 0.15) is 23.8 Å². The van der Waals surface area contributed by atoms with Crippen molar-refractivity contribution in [2.24, 2.45) is 0 Å². The summed E-state index contributed by atoms with van der Waals surface area (Å²) in [6.45, 7) is 0.684. The minimum absolute atomic E-state index is 0.0778. The van der Waals surface area contributed by atoms with E-state index in [1.807, 2.05) is 17.5 Å². The Labute approximate surface area is 143 Å². The van der Waals surface area contributed by atoms with Gasteiger partial charge in [0.2, 0.25) is 0 Å². The monoisotopic (exact) mass is 347 g/mol. The van der Waals surface area contributed by atoms with Gasteiger partial charge in [0.15, 0.2) is 0 Å². The number of non-ortho nitro benzene ring substituents is 1. The van der Waals surface area contributed by atoms with E-state index >= 15 is 0 Å². The molecule has 1 aliphatic heterocycles. The Bertz CT molecular complexity index is 748. The van der Waals surface area contributed by atoms with E-state index in [1.54, 1.807) is 16.2 Å². The number of ether oxygens (including phenoxy) is 1. The molecule has 8 heteroatoms. The van der Waals surface area contributed by atoms with Crippen LogP contribution in [0.5, 0.6) is 5.75 Å². The molecule has 7 nitrogen and oxygen atoms in total. The van der Waals surface area contributed by atoms with Crippen molar-refractivity contribution in [2.45, 2.75) is 18.9 Å². The number of hydrogen-bond acceptors (Lipinski definition) is 5. The second kappa shape index (κ2) is 6.88. The van der Waals surface area contributed by atoms with E-state index in [2.05, 4.69) is 5.32 Å². The van der Waals surface area contributed by atoms with Gasteiger partial charge < -0.3 is 15.0 Å². The second-order valence-corrected chi connectivity index (χ2v) is 6.42. The van der Waals surface area contributed by atoms with E-state index in [4.69, 9.17) is 4.74 Å². The maximum atomic E-state index is 12.6. The van der Waals surface area contributed by atoms with Crippen LogP contribution in [0.4, 0.5) is 16.2 Å². The minimum Gasteiger partial charge on any atom is -0.494 e. The molecule has 126 valence electrons. The molecular weight excluding hydrogens is 330 g/mol. The van der Waals surface area contributed by atoms with Gasteiger partial charge in [0.25, 0.3) is 5.69 Å². The standard InChI is InChI=1S/C16H17N3O4S/c1-23-14-10-11(19(21)22)6-7-12(14)17-16(20)18-8-2-4-13(18)15-5-3-9-24-15/h3,5-7,9-10,13H,2,4,8H2,1H3,(H,17,20)/t13-/m1/s1. The lowest BCUT2D eigenvalue weighted by Gasteiger charge is -2.24. The third-order valence-corrected chi connectivity index (χ3v) is 5.00. The zero-order valence-electron chi connectivity index (χ0n) is 13.1. The van der Waals surface area contributed by atoms with Gasteiger partial charge in [-0.25, -0.2) is 4.79 Å². The predicted molar refractivity (Wildman–Crippen MR) is 91.7 cm³/mol. The van der Waals surface area contributed by atoms with Crippen LogP contribution in [-0.2, 0) is 0 Å². The molecule has 0 radical (unpaired) electrons. The lowest BCUT2D eigenvalue weighted by atomic mass is 10.2. The molecule has 24 heavy (non-hydrogen) atoms. The van der Waals surface area contributed by atoms with Crippen molar-refractivity contribution in [3.8, 4) is 5.75 Å². The van der Waals surface area contributed by atoms with E-state index in [0.29, 0.717) is 12.2 Å². The summed E-state index contributed by atoms with van der Waals surface area (Å²) in [5.74, 6) is 0.268. The summed E-state index contributed by atoms with van der Waals surface area (Å²) in [6, 6.07) is 8.01. The first-order valence-corrected chi connectivity index (χ1v) is 8.41. The smallest absolute Gasteiger partial charge is 0.322 e. The molecule has 1 aliphatic rings. The summed E-state index contributed by atoms with van der Waals surface area (Å²) >= 11 is 1.64. The fourth-order valence-electron chi connectivity index (χ4n) is 2.87. The number of hydrogen-bond donors (Lipinski definition) is 1. The van der Waals surface area contributed by atoms with Crippen LogP contribution in [-0.4, -0.2) is 29.5 Å². The fourth-order valence-corrected chi connectivity index (χ4v) is 3.74. The number of thiophene rings is 1. The number of carbonyl (C=O) groups is 1. The minimum atomic E-state index is -0.499. The summed E-state index contributed by atoms with van der Waals surface area (Å²) in [4.78, 5) is 25.9. The highest BCUT2D eigenvalue weighted by molar-refractivity contribution is 7.10. The fraction of sp³-hybridized carbons (Fsp3) is 0.312. The number of methoxy groups -OCH3 is 1. The normalized spacial score (nSPS) is 16.9. The average Bonchev–Trinajstić information content (AvgIpc) is 3.25. The Kier molecular flexibility index (Phi) is 4.66. The van der Waals surface area contributed by atoms with Crippen molar-refractivity contribution in [1.29, 1.82) is 0 Å². The molecule has 1 aromatic carbocycles. The van der Waals surface area contributed by atoms with Gasteiger partial charge >= 0.3 is 6.03 Å². The highest BCUT2D eigenvalue weighted by Gasteiger charge is 2.31. The van der Waals surface area contributed by atoms with Crippen LogP contribution < -0.4 is 10.1 Å². The van der Waals surface area contributed by atoms with Gasteiger partial charge in [-0.2, -0.15) is 0 Å². The van der Waals surface area contributed by atoms with Crippen LogP contribution in [0.2, 0.25) is 0 Å². The number of benzene rings is 1. The van der Waals surface area contributed by atoms with Crippen molar-refractivity contribution in [2.75, 3.05) is 19.0 Å². The van der Waals surface area contributed by atoms with E-state index in [9.17, 15) is 14.9 Å². The van der Waals surface area contributed by atoms with E-state index in [0.717, 1.165) is 12.8 Å². The number of amides is 2. The van der Waals surface area contributed by atoms with E-state index in [1.165, 1.54) is 30.2 Å². The Hall–Kier alpha value is -2.61. The molecule has 0 bridgehead atoms. The number of rotatable bonds is 4. The summed E-state index contributed by atoms with van der Waals surface area (Å²) in [5.41, 5.74) is 0.340. The second-order valence-electron chi connectivity index (χ2n) is 5.44. The highest BCUT2D eigenvalue weighted by Crippen LogP contribution is 2.36. The molecule has 0 aliphatic carbocycles.